The standard InChI is InChI=1S/C18H21N3O2/c1-17(2)11-18(8-13(9-19)16(17)22)5-7-21(12-18)14-10-20-6-4-15(14)23-3/h4,6,8,10H,5,7,11-12H2,1-3H3. The molecule has 2 aliphatic rings. The van der Waals surface area contributed by atoms with E-state index in [1.807, 2.05) is 32.2 Å². The largest absolute Gasteiger partial charge is 0.494 e. The SMILES string of the molecule is COc1ccncc1N1CCC2(C=C(C#N)C(=O)C(C)(C)C2)C1. The quantitative estimate of drug-likeness (QED) is 0.840. The van der Waals surface area contributed by atoms with Crippen molar-refractivity contribution in [1.82, 2.24) is 4.98 Å². The van der Waals surface area contributed by atoms with Gasteiger partial charge in [0.05, 0.1) is 24.6 Å². The van der Waals surface area contributed by atoms with Crippen LogP contribution >= 0.6 is 0 Å². The monoisotopic (exact) mass is 311 g/mol. The number of aromatic nitrogens is 1. The molecule has 0 saturated carbocycles. The highest BCUT2D eigenvalue weighted by Crippen LogP contribution is 2.49. The lowest BCUT2D eigenvalue weighted by Gasteiger charge is -2.38. The summed E-state index contributed by atoms with van der Waals surface area (Å²) in [6, 6.07) is 3.95. The molecule has 1 aromatic heterocycles. The highest BCUT2D eigenvalue weighted by Gasteiger charge is 2.48. The summed E-state index contributed by atoms with van der Waals surface area (Å²) in [6.07, 6.45) is 7.12. The molecule has 0 bridgehead atoms. The van der Waals surface area contributed by atoms with E-state index in [9.17, 15) is 10.1 Å². The van der Waals surface area contributed by atoms with Gasteiger partial charge in [0, 0.05) is 36.2 Å². The lowest BCUT2D eigenvalue weighted by molar-refractivity contribution is -0.125. The Morgan fingerprint density at radius 1 is 1.43 bits per heavy atom. The van der Waals surface area contributed by atoms with Gasteiger partial charge in [0.15, 0.2) is 5.78 Å². The number of Topliss-reactive ketones (excluding diaryl/α,β-unsaturated/α-hetero) is 1. The van der Waals surface area contributed by atoms with E-state index >= 15 is 0 Å². The molecule has 2 heterocycles. The van der Waals surface area contributed by atoms with Crippen LogP contribution in [0.5, 0.6) is 5.75 Å². The number of carbonyl (C=O) groups excluding carboxylic acids is 1. The molecule has 1 spiro atoms. The van der Waals surface area contributed by atoms with Crippen molar-refractivity contribution in [3.05, 3.63) is 30.1 Å². The fraction of sp³-hybridized carbons (Fsp3) is 0.500. The number of rotatable bonds is 2. The summed E-state index contributed by atoms with van der Waals surface area (Å²) >= 11 is 0. The van der Waals surface area contributed by atoms with Crippen molar-refractivity contribution in [2.45, 2.75) is 26.7 Å². The van der Waals surface area contributed by atoms with Crippen LogP contribution in [0.4, 0.5) is 5.69 Å². The van der Waals surface area contributed by atoms with Crippen LogP contribution in [0.3, 0.4) is 0 Å². The van der Waals surface area contributed by atoms with E-state index < -0.39 is 5.41 Å². The Hall–Kier alpha value is -2.35. The molecule has 1 aliphatic heterocycles. The van der Waals surface area contributed by atoms with Gasteiger partial charge in [-0.15, -0.1) is 0 Å². The molecule has 1 atom stereocenters. The normalized spacial score (nSPS) is 26.1. The first kappa shape index (κ1) is 15.5. The maximum absolute atomic E-state index is 12.3. The summed E-state index contributed by atoms with van der Waals surface area (Å²) in [7, 11) is 1.65. The first-order valence-electron chi connectivity index (χ1n) is 7.81. The molecule has 3 rings (SSSR count). The fourth-order valence-electron chi connectivity index (χ4n) is 3.98. The number of ketones is 1. The smallest absolute Gasteiger partial charge is 0.178 e. The number of allylic oxidation sites excluding steroid dienone is 1. The predicted molar refractivity (Wildman–Crippen MR) is 87.2 cm³/mol. The molecule has 1 aliphatic carbocycles. The molecular weight excluding hydrogens is 290 g/mol. The number of anilines is 1. The van der Waals surface area contributed by atoms with Crippen LogP contribution in [0.1, 0.15) is 26.7 Å². The Balaban J connectivity index is 1.94. The highest BCUT2D eigenvalue weighted by atomic mass is 16.5. The third-order valence-electron chi connectivity index (χ3n) is 4.93. The molecule has 0 amide bonds. The summed E-state index contributed by atoms with van der Waals surface area (Å²) in [5.41, 5.74) is 0.646. The van der Waals surface area contributed by atoms with Crippen molar-refractivity contribution in [3.63, 3.8) is 0 Å². The lowest BCUT2D eigenvalue weighted by Crippen LogP contribution is -2.40. The topological polar surface area (TPSA) is 66.2 Å². The van der Waals surface area contributed by atoms with Crippen LogP contribution in [0, 0.1) is 22.2 Å². The molecular formula is C18H21N3O2. The molecule has 23 heavy (non-hydrogen) atoms. The van der Waals surface area contributed by atoms with Crippen molar-refractivity contribution in [2.24, 2.45) is 10.8 Å². The Bertz CT molecular complexity index is 717. The minimum atomic E-state index is -0.491. The third-order valence-corrected chi connectivity index (χ3v) is 4.93. The molecule has 120 valence electrons. The van der Waals surface area contributed by atoms with E-state index in [2.05, 4.69) is 16.0 Å². The number of pyridine rings is 1. The van der Waals surface area contributed by atoms with Crippen molar-refractivity contribution in [1.29, 1.82) is 5.26 Å². The average Bonchev–Trinajstić information content (AvgIpc) is 2.93. The van der Waals surface area contributed by atoms with Gasteiger partial charge >= 0.3 is 0 Å². The van der Waals surface area contributed by atoms with Gasteiger partial charge in [-0.25, -0.2) is 0 Å². The maximum atomic E-state index is 12.3. The molecule has 1 unspecified atom stereocenters. The van der Waals surface area contributed by atoms with E-state index in [0.29, 0.717) is 5.57 Å². The Morgan fingerprint density at radius 2 is 2.22 bits per heavy atom. The zero-order valence-electron chi connectivity index (χ0n) is 13.8. The summed E-state index contributed by atoms with van der Waals surface area (Å²) < 4.78 is 5.43. The summed E-state index contributed by atoms with van der Waals surface area (Å²) in [5.74, 6) is 0.760. The number of nitrogens with zero attached hydrogens (tertiary/aromatic N) is 3. The van der Waals surface area contributed by atoms with Crippen LogP contribution in [-0.4, -0.2) is 31.0 Å². The zero-order valence-corrected chi connectivity index (χ0v) is 13.8. The van der Waals surface area contributed by atoms with E-state index in [0.717, 1.165) is 37.4 Å². The maximum Gasteiger partial charge on any atom is 0.178 e. The Labute approximate surface area is 136 Å². The van der Waals surface area contributed by atoms with E-state index in [1.54, 1.807) is 13.3 Å². The van der Waals surface area contributed by atoms with Gasteiger partial charge in [-0.2, -0.15) is 5.26 Å². The van der Waals surface area contributed by atoms with E-state index in [4.69, 9.17) is 4.74 Å². The average molecular weight is 311 g/mol. The van der Waals surface area contributed by atoms with Gasteiger partial charge in [-0.05, 0) is 12.8 Å². The second-order valence-corrected chi connectivity index (χ2v) is 7.14. The summed E-state index contributed by atoms with van der Waals surface area (Å²) in [5, 5.41) is 9.32. The number of carbonyl (C=O) groups is 1. The van der Waals surface area contributed by atoms with Crippen molar-refractivity contribution >= 4 is 11.5 Å². The molecule has 5 nitrogen and oxygen atoms in total. The van der Waals surface area contributed by atoms with Crippen molar-refractivity contribution in [2.75, 3.05) is 25.1 Å². The lowest BCUT2D eigenvalue weighted by atomic mass is 9.64. The minimum absolute atomic E-state index is 0.0389. The molecule has 0 N–H and O–H groups in total. The Kier molecular flexibility index (Phi) is 3.63. The second kappa shape index (κ2) is 5.38. The van der Waals surface area contributed by atoms with Gasteiger partial charge in [0.1, 0.15) is 11.8 Å². The van der Waals surface area contributed by atoms with E-state index in [-0.39, 0.29) is 11.2 Å². The molecule has 0 aromatic carbocycles. The molecule has 1 fully saturated rings. The predicted octanol–water partition coefficient (Wildman–Crippen LogP) is 2.74. The summed E-state index contributed by atoms with van der Waals surface area (Å²) in [4.78, 5) is 18.8. The van der Waals surface area contributed by atoms with Crippen LogP contribution in [0.15, 0.2) is 30.1 Å². The van der Waals surface area contributed by atoms with Crippen LogP contribution in [0.2, 0.25) is 0 Å². The number of ether oxygens (including phenoxy) is 1. The van der Waals surface area contributed by atoms with E-state index in [1.165, 1.54) is 0 Å². The first-order valence-corrected chi connectivity index (χ1v) is 7.81. The van der Waals surface area contributed by atoms with Gasteiger partial charge in [-0.3, -0.25) is 9.78 Å². The second-order valence-electron chi connectivity index (χ2n) is 7.14. The first-order chi connectivity index (χ1) is 10.9. The van der Waals surface area contributed by atoms with Gasteiger partial charge in [0.2, 0.25) is 0 Å². The molecule has 5 heteroatoms. The highest BCUT2D eigenvalue weighted by molar-refractivity contribution is 6.03. The number of hydrogen-bond acceptors (Lipinski definition) is 5. The number of hydrogen-bond donors (Lipinski definition) is 0. The van der Waals surface area contributed by atoms with Crippen molar-refractivity contribution in [3.8, 4) is 11.8 Å². The third kappa shape index (κ3) is 2.59. The molecule has 1 saturated heterocycles. The van der Waals surface area contributed by atoms with Gasteiger partial charge < -0.3 is 9.64 Å². The van der Waals surface area contributed by atoms with Crippen LogP contribution < -0.4 is 9.64 Å². The zero-order chi connectivity index (χ0) is 16.7. The van der Waals surface area contributed by atoms with Gasteiger partial charge in [-0.1, -0.05) is 19.9 Å². The number of nitriles is 1. The van der Waals surface area contributed by atoms with Crippen LogP contribution in [-0.2, 0) is 4.79 Å². The molecule has 1 aromatic rings. The van der Waals surface area contributed by atoms with Crippen molar-refractivity contribution < 1.29 is 9.53 Å². The van der Waals surface area contributed by atoms with Gasteiger partial charge in [0.25, 0.3) is 0 Å². The summed E-state index contributed by atoms with van der Waals surface area (Å²) in [6.45, 7) is 5.52. The number of methoxy groups -OCH3 is 1. The Morgan fingerprint density at radius 3 is 2.91 bits per heavy atom. The van der Waals surface area contributed by atoms with Crippen LogP contribution in [0.25, 0.3) is 0 Å². The minimum Gasteiger partial charge on any atom is -0.494 e. The fourth-order valence-corrected chi connectivity index (χ4v) is 3.98. The molecule has 0 radical (unpaired) electrons.